The molecule has 2 aromatic rings. The van der Waals surface area contributed by atoms with E-state index in [4.69, 9.17) is 4.74 Å². The summed E-state index contributed by atoms with van der Waals surface area (Å²) in [7, 11) is 0.718. The minimum Gasteiger partial charge on any atom is -0.349 e. The van der Waals surface area contributed by atoms with Crippen molar-refractivity contribution in [2.45, 2.75) is 70.0 Å². The molecule has 2 aromatic carbocycles. The van der Waals surface area contributed by atoms with E-state index in [2.05, 4.69) is 24.0 Å². The number of likely N-dealkylation sites (N-methyl/N-ethyl adjacent to an activating group) is 1. The molecule has 1 heterocycles. The van der Waals surface area contributed by atoms with Crippen LogP contribution in [0.25, 0.3) is 0 Å². The van der Waals surface area contributed by atoms with Crippen molar-refractivity contribution in [3.63, 3.8) is 0 Å². The first-order chi connectivity index (χ1) is 14.6. The van der Waals surface area contributed by atoms with Gasteiger partial charge < -0.3 is 9.64 Å². The summed E-state index contributed by atoms with van der Waals surface area (Å²) >= 11 is 0. The van der Waals surface area contributed by atoms with Crippen molar-refractivity contribution in [2.75, 3.05) is 13.3 Å². The number of rotatable bonds is 6. The summed E-state index contributed by atoms with van der Waals surface area (Å²) in [5, 5.41) is 0. The molecule has 0 bridgehead atoms. The molecule has 0 aliphatic carbocycles. The molecule has 0 spiro atoms. The summed E-state index contributed by atoms with van der Waals surface area (Å²) in [6, 6.07) is 15.9. The number of ether oxygens (including phenoxy) is 1. The van der Waals surface area contributed by atoms with Crippen molar-refractivity contribution in [1.29, 1.82) is 0 Å². The molecule has 0 aromatic heterocycles. The van der Waals surface area contributed by atoms with Gasteiger partial charge in [0.25, 0.3) is 5.91 Å². The van der Waals surface area contributed by atoms with Gasteiger partial charge in [0, 0.05) is 29.9 Å². The molecular formula is C25H34N2O3S. The Labute approximate surface area is 188 Å². The van der Waals surface area contributed by atoms with Crippen LogP contribution in [0.1, 0.15) is 68.4 Å². The van der Waals surface area contributed by atoms with Gasteiger partial charge in [0.05, 0.1) is 21.3 Å². The lowest BCUT2D eigenvalue weighted by molar-refractivity contribution is 0.00435. The highest BCUT2D eigenvalue weighted by molar-refractivity contribution is 7.84. The summed E-state index contributed by atoms with van der Waals surface area (Å²) in [6.07, 6.45) is 1.12. The van der Waals surface area contributed by atoms with Crippen LogP contribution in [0.15, 0.2) is 53.4 Å². The van der Waals surface area contributed by atoms with Gasteiger partial charge in [-0.15, -0.1) is 0 Å². The summed E-state index contributed by atoms with van der Waals surface area (Å²) in [5.74, 6) is -0.0985. The molecule has 5 nitrogen and oxygen atoms in total. The van der Waals surface area contributed by atoms with E-state index >= 15 is 0 Å². The van der Waals surface area contributed by atoms with E-state index in [1.165, 1.54) is 0 Å². The lowest BCUT2D eigenvalue weighted by Crippen LogP contribution is -2.43. The predicted molar refractivity (Wildman–Crippen MR) is 125 cm³/mol. The first kappa shape index (κ1) is 23.6. The van der Waals surface area contributed by atoms with Gasteiger partial charge in [-0.2, -0.15) is 0 Å². The fourth-order valence-corrected chi connectivity index (χ4v) is 5.25. The van der Waals surface area contributed by atoms with Crippen LogP contribution in [0, 0.1) is 0 Å². The van der Waals surface area contributed by atoms with Crippen LogP contribution in [0.4, 0.5) is 0 Å². The van der Waals surface area contributed by atoms with Crippen LogP contribution in [-0.2, 0) is 15.5 Å². The quantitative estimate of drug-likeness (QED) is 0.646. The number of benzene rings is 2. The van der Waals surface area contributed by atoms with Gasteiger partial charge in [0.2, 0.25) is 0 Å². The normalized spacial score (nSPS) is 22.8. The van der Waals surface area contributed by atoms with Gasteiger partial charge in [0.15, 0.2) is 0 Å². The van der Waals surface area contributed by atoms with Crippen LogP contribution in [0.2, 0.25) is 0 Å². The van der Waals surface area contributed by atoms with E-state index < -0.39 is 17.0 Å². The van der Waals surface area contributed by atoms with Crippen molar-refractivity contribution in [3.05, 3.63) is 65.2 Å². The molecule has 168 valence electrons. The number of amides is 1. The zero-order valence-electron chi connectivity index (χ0n) is 19.5. The molecule has 6 heteroatoms. The fourth-order valence-electron chi connectivity index (χ4n) is 4.48. The number of carbonyl (C=O) groups is 1. The fraction of sp³-hybridized carbons (Fsp3) is 0.480. The summed E-state index contributed by atoms with van der Waals surface area (Å²) < 4.78 is 19.2. The van der Waals surface area contributed by atoms with Crippen LogP contribution in [-0.4, -0.2) is 51.3 Å². The van der Waals surface area contributed by atoms with E-state index in [1.807, 2.05) is 70.0 Å². The summed E-state index contributed by atoms with van der Waals surface area (Å²) in [5.41, 5.74) is 2.39. The predicted octanol–water partition coefficient (Wildman–Crippen LogP) is 4.77. The lowest BCUT2D eigenvalue weighted by Gasteiger charge is -2.33. The minimum atomic E-state index is -1.30. The van der Waals surface area contributed by atoms with E-state index in [-0.39, 0.29) is 30.1 Å². The topological polar surface area (TPSA) is 49.9 Å². The van der Waals surface area contributed by atoms with Crippen molar-refractivity contribution in [2.24, 2.45) is 0 Å². The van der Waals surface area contributed by atoms with Gasteiger partial charge in [-0.1, -0.05) is 42.5 Å². The van der Waals surface area contributed by atoms with E-state index in [1.54, 1.807) is 12.3 Å². The Morgan fingerprint density at radius 3 is 2.19 bits per heavy atom. The van der Waals surface area contributed by atoms with Crippen molar-refractivity contribution in [1.82, 2.24) is 9.80 Å². The van der Waals surface area contributed by atoms with Crippen molar-refractivity contribution < 1.29 is 13.7 Å². The molecule has 31 heavy (non-hydrogen) atoms. The van der Waals surface area contributed by atoms with E-state index in [0.717, 1.165) is 11.1 Å². The highest BCUT2D eigenvalue weighted by Gasteiger charge is 2.41. The van der Waals surface area contributed by atoms with Gasteiger partial charge >= 0.3 is 0 Å². The standard InChI is InChI=1S/C25H34N2O3S/c1-16(2)27(17(3)4)24(28)22-20(14-11-15-21(22)31(7)29)25-26(6)18(5)23(30-25)19-12-9-8-10-13-19/h8-18,23,25H,1-7H3/t18-,23-,25-,31-/m1/s1. The maximum absolute atomic E-state index is 13.8. The van der Waals surface area contributed by atoms with Crippen LogP contribution in [0.5, 0.6) is 0 Å². The van der Waals surface area contributed by atoms with Crippen LogP contribution >= 0.6 is 0 Å². The summed E-state index contributed by atoms with van der Waals surface area (Å²) in [6.45, 7) is 10.2. The number of hydrogen-bond acceptors (Lipinski definition) is 4. The Hall–Kier alpha value is -2.02. The van der Waals surface area contributed by atoms with Crippen molar-refractivity contribution in [3.8, 4) is 0 Å². The Balaban J connectivity index is 2.10. The number of hydrogen-bond donors (Lipinski definition) is 0. The highest BCUT2D eigenvalue weighted by atomic mass is 32.2. The average molecular weight is 443 g/mol. The molecule has 0 N–H and O–H groups in total. The Kier molecular flexibility index (Phi) is 7.35. The molecule has 1 saturated heterocycles. The Morgan fingerprint density at radius 1 is 1.03 bits per heavy atom. The van der Waals surface area contributed by atoms with Crippen LogP contribution in [0.3, 0.4) is 0 Å². The maximum Gasteiger partial charge on any atom is 0.255 e. The zero-order valence-corrected chi connectivity index (χ0v) is 20.3. The van der Waals surface area contributed by atoms with E-state index in [0.29, 0.717) is 10.5 Å². The second-order valence-corrected chi connectivity index (χ2v) is 10.1. The largest absolute Gasteiger partial charge is 0.349 e. The Morgan fingerprint density at radius 2 is 1.65 bits per heavy atom. The lowest BCUT2D eigenvalue weighted by atomic mass is 10.0. The summed E-state index contributed by atoms with van der Waals surface area (Å²) in [4.78, 5) is 18.3. The third kappa shape index (κ3) is 4.61. The molecule has 0 saturated carbocycles. The molecule has 1 amide bonds. The monoisotopic (exact) mass is 442 g/mol. The average Bonchev–Trinajstić information content (AvgIpc) is 3.02. The third-order valence-electron chi connectivity index (χ3n) is 6.05. The highest BCUT2D eigenvalue weighted by Crippen LogP contribution is 2.43. The molecule has 0 unspecified atom stereocenters. The number of nitrogens with zero attached hydrogens (tertiary/aromatic N) is 2. The molecule has 1 fully saturated rings. The molecule has 1 aliphatic heterocycles. The smallest absolute Gasteiger partial charge is 0.255 e. The first-order valence-corrected chi connectivity index (χ1v) is 12.4. The van der Waals surface area contributed by atoms with Gasteiger partial charge in [-0.3, -0.25) is 13.9 Å². The van der Waals surface area contributed by atoms with Crippen molar-refractivity contribution >= 4 is 16.7 Å². The second kappa shape index (κ2) is 9.63. The number of carbonyl (C=O) groups excluding carboxylic acids is 1. The molecule has 4 atom stereocenters. The second-order valence-electron chi connectivity index (χ2n) is 8.80. The zero-order chi connectivity index (χ0) is 22.9. The van der Waals surface area contributed by atoms with E-state index in [9.17, 15) is 9.00 Å². The molecule has 1 aliphatic rings. The molecule has 3 rings (SSSR count). The molecule has 0 radical (unpaired) electrons. The SMILES string of the molecule is CC(C)N(C(=O)c1c([C@H]2O[C@@H](c3ccccc3)[C@@H](C)N2C)cccc1[S@@](C)=O)C(C)C. The Bertz CT molecular complexity index is 937. The van der Waals surface area contributed by atoms with Gasteiger partial charge in [-0.05, 0) is 53.3 Å². The van der Waals surface area contributed by atoms with Gasteiger partial charge in [-0.25, -0.2) is 0 Å². The maximum atomic E-state index is 13.8. The van der Waals surface area contributed by atoms with Crippen LogP contribution < -0.4 is 0 Å². The molecular weight excluding hydrogens is 408 g/mol. The first-order valence-electron chi connectivity index (χ1n) is 10.9. The van der Waals surface area contributed by atoms with Gasteiger partial charge in [0.1, 0.15) is 12.3 Å². The third-order valence-corrected chi connectivity index (χ3v) is 7.01. The minimum absolute atomic E-state index is 0.0249.